The van der Waals surface area contributed by atoms with E-state index in [1.165, 1.54) is 31.4 Å². The Morgan fingerprint density at radius 1 is 1.18 bits per heavy atom. The Morgan fingerprint density at radius 3 is 2.41 bits per heavy atom. The number of rotatable bonds is 5. The number of carbonyl (C=O) groups is 1. The zero-order valence-corrected chi connectivity index (χ0v) is 13.0. The van der Waals surface area contributed by atoms with Gasteiger partial charge in [0.25, 0.3) is 0 Å². The van der Waals surface area contributed by atoms with Crippen LogP contribution in [0.4, 0.5) is 0 Å². The van der Waals surface area contributed by atoms with Crippen LogP contribution in [0.2, 0.25) is 0 Å². The molecule has 7 heteroatoms. The number of ether oxygens (including phenoxy) is 1. The van der Waals surface area contributed by atoms with Crippen LogP contribution in [0.3, 0.4) is 0 Å². The highest BCUT2D eigenvalue weighted by Gasteiger charge is 2.19. The van der Waals surface area contributed by atoms with Gasteiger partial charge < -0.3 is 4.74 Å². The van der Waals surface area contributed by atoms with Crippen LogP contribution in [0.25, 0.3) is 0 Å². The van der Waals surface area contributed by atoms with Crippen molar-refractivity contribution in [1.29, 1.82) is 0 Å². The van der Waals surface area contributed by atoms with Gasteiger partial charge in [-0.2, -0.15) is 0 Å². The van der Waals surface area contributed by atoms with Gasteiger partial charge in [-0.1, -0.05) is 6.07 Å². The van der Waals surface area contributed by atoms with E-state index in [-0.39, 0.29) is 4.90 Å². The van der Waals surface area contributed by atoms with Crippen molar-refractivity contribution in [3.8, 4) is 0 Å². The van der Waals surface area contributed by atoms with Gasteiger partial charge in [0.1, 0.15) is 0 Å². The molecular formula is C15H16N2O4S. The van der Waals surface area contributed by atoms with Crippen molar-refractivity contribution >= 4 is 16.0 Å². The molecule has 0 aliphatic rings. The summed E-state index contributed by atoms with van der Waals surface area (Å²) < 4.78 is 31.7. The van der Waals surface area contributed by atoms with Gasteiger partial charge in [-0.3, -0.25) is 4.98 Å². The summed E-state index contributed by atoms with van der Waals surface area (Å²) in [6.45, 7) is 1.71. The molecule has 1 aromatic heterocycles. The van der Waals surface area contributed by atoms with E-state index >= 15 is 0 Å². The molecule has 2 aromatic rings. The fraction of sp³-hybridized carbons (Fsp3) is 0.200. The van der Waals surface area contributed by atoms with E-state index < -0.39 is 22.0 Å². The van der Waals surface area contributed by atoms with Crippen LogP contribution in [-0.2, 0) is 14.8 Å². The second kappa shape index (κ2) is 6.67. The minimum Gasteiger partial charge on any atom is -0.465 e. The monoisotopic (exact) mass is 320 g/mol. The first kappa shape index (κ1) is 16.1. The minimum absolute atomic E-state index is 0.0722. The van der Waals surface area contributed by atoms with Gasteiger partial charge in [0.05, 0.1) is 29.3 Å². The zero-order valence-electron chi connectivity index (χ0n) is 12.2. The van der Waals surface area contributed by atoms with Crippen LogP contribution in [0, 0.1) is 0 Å². The van der Waals surface area contributed by atoms with Gasteiger partial charge in [-0.25, -0.2) is 17.9 Å². The van der Waals surface area contributed by atoms with Crippen molar-refractivity contribution in [3.63, 3.8) is 0 Å². The molecule has 0 amide bonds. The van der Waals surface area contributed by atoms with Crippen LogP contribution in [-0.4, -0.2) is 26.5 Å². The first-order valence-electron chi connectivity index (χ1n) is 6.55. The second-order valence-corrected chi connectivity index (χ2v) is 6.33. The summed E-state index contributed by atoms with van der Waals surface area (Å²) in [6.07, 6.45) is 1.60. The maximum Gasteiger partial charge on any atom is 0.337 e. The number of hydrogen-bond acceptors (Lipinski definition) is 5. The highest BCUT2D eigenvalue weighted by atomic mass is 32.2. The van der Waals surface area contributed by atoms with Gasteiger partial charge in [-0.05, 0) is 43.3 Å². The first-order chi connectivity index (χ1) is 10.4. The topological polar surface area (TPSA) is 85.4 Å². The lowest BCUT2D eigenvalue weighted by Crippen LogP contribution is -2.27. The summed E-state index contributed by atoms with van der Waals surface area (Å²) in [5.74, 6) is -0.515. The van der Waals surface area contributed by atoms with Crippen molar-refractivity contribution in [2.75, 3.05) is 7.11 Å². The molecule has 0 saturated heterocycles. The summed E-state index contributed by atoms with van der Waals surface area (Å²) >= 11 is 0. The molecular weight excluding hydrogens is 304 g/mol. The molecule has 0 aliphatic heterocycles. The van der Waals surface area contributed by atoms with Gasteiger partial charge in [-0.15, -0.1) is 0 Å². The van der Waals surface area contributed by atoms with E-state index in [0.717, 1.165) is 0 Å². The lowest BCUT2D eigenvalue weighted by atomic mass is 10.2. The lowest BCUT2D eigenvalue weighted by Gasteiger charge is -2.13. The number of sulfonamides is 1. The number of benzene rings is 1. The number of methoxy groups -OCH3 is 1. The normalized spacial score (nSPS) is 12.6. The standard InChI is InChI=1S/C15H16N2O4S/c1-11(14-5-3-4-10-16-14)17-22(19,20)13-8-6-12(7-9-13)15(18)21-2/h3-11,17H,1-2H3/t11-/m0/s1. The number of carbonyl (C=O) groups excluding carboxylic acids is 1. The highest BCUT2D eigenvalue weighted by molar-refractivity contribution is 7.89. The summed E-state index contributed by atoms with van der Waals surface area (Å²) in [7, 11) is -2.43. The van der Waals surface area contributed by atoms with Crippen LogP contribution in [0.15, 0.2) is 53.6 Å². The van der Waals surface area contributed by atoms with Gasteiger partial charge in [0, 0.05) is 6.20 Å². The third-order valence-corrected chi connectivity index (χ3v) is 4.61. The SMILES string of the molecule is COC(=O)c1ccc(S(=O)(=O)N[C@@H](C)c2ccccn2)cc1. The second-order valence-electron chi connectivity index (χ2n) is 4.61. The van der Waals surface area contributed by atoms with Crippen LogP contribution >= 0.6 is 0 Å². The number of aromatic nitrogens is 1. The Hall–Kier alpha value is -2.25. The van der Waals surface area contributed by atoms with Crippen molar-refractivity contribution in [3.05, 3.63) is 59.9 Å². The third-order valence-electron chi connectivity index (χ3n) is 3.05. The fourth-order valence-corrected chi connectivity index (χ4v) is 3.10. The average molecular weight is 320 g/mol. The number of esters is 1. The van der Waals surface area contributed by atoms with E-state index in [9.17, 15) is 13.2 Å². The predicted octanol–water partition coefficient (Wildman–Crippen LogP) is 1.91. The van der Waals surface area contributed by atoms with E-state index in [1.54, 1.807) is 31.3 Å². The van der Waals surface area contributed by atoms with E-state index in [0.29, 0.717) is 11.3 Å². The smallest absolute Gasteiger partial charge is 0.337 e. The molecule has 0 bridgehead atoms. The fourth-order valence-electron chi connectivity index (χ4n) is 1.88. The Labute approximate surface area is 129 Å². The maximum absolute atomic E-state index is 12.3. The molecule has 1 atom stereocenters. The Morgan fingerprint density at radius 2 is 1.86 bits per heavy atom. The van der Waals surface area contributed by atoms with Crippen molar-refractivity contribution < 1.29 is 17.9 Å². The maximum atomic E-state index is 12.3. The number of pyridine rings is 1. The summed E-state index contributed by atoms with van der Waals surface area (Å²) in [4.78, 5) is 15.5. The highest BCUT2D eigenvalue weighted by Crippen LogP contribution is 2.16. The molecule has 0 aliphatic carbocycles. The Kier molecular flexibility index (Phi) is 4.89. The molecule has 116 valence electrons. The predicted molar refractivity (Wildman–Crippen MR) is 80.8 cm³/mol. The summed E-state index contributed by atoms with van der Waals surface area (Å²) in [5.41, 5.74) is 0.913. The minimum atomic E-state index is -3.70. The van der Waals surface area contributed by atoms with Gasteiger partial charge in [0.2, 0.25) is 10.0 Å². The van der Waals surface area contributed by atoms with Crippen LogP contribution < -0.4 is 4.72 Å². The number of nitrogens with zero attached hydrogens (tertiary/aromatic N) is 1. The van der Waals surface area contributed by atoms with Crippen LogP contribution in [0.1, 0.15) is 29.0 Å². The molecule has 1 N–H and O–H groups in total. The zero-order chi connectivity index (χ0) is 16.2. The first-order valence-corrected chi connectivity index (χ1v) is 8.04. The molecule has 1 heterocycles. The molecule has 0 radical (unpaired) electrons. The summed E-state index contributed by atoms with van der Waals surface area (Å²) in [6, 6.07) is 10.4. The molecule has 1 aromatic carbocycles. The Balaban J connectivity index is 2.18. The van der Waals surface area contributed by atoms with Gasteiger partial charge in [0.15, 0.2) is 0 Å². The number of hydrogen-bond donors (Lipinski definition) is 1. The molecule has 22 heavy (non-hydrogen) atoms. The third kappa shape index (κ3) is 3.69. The summed E-state index contributed by atoms with van der Waals surface area (Å²) in [5, 5.41) is 0. The Bertz CT molecular complexity index is 743. The van der Waals surface area contributed by atoms with E-state index in [2.05, 4.69) is 14.4 Å². The average Bonchev–Trinajstić information content (AvgIpc) is 2.54. The van der Waals surface area contributed by atoms with E-state index in [1.807, 2.05) is 0 Å². The molecule has 0 unspecified atom stereocenters. The number of nitrogens with one attached hydrogen (secondary N) is 1. The van der Waals surface area contributed by atoms with Crippen molar-refractivity contribution in [2.45, 2.75) is 17.9 Å². The largest absolute Gasteiger partial charge is 0.465 e. The quantitative estimate of drug-likeness (QED) is 0.851. The molecule has 6 nitrogen and oxygen atoms in total. The lowest BCUT2D eigenvalue weighted by molar-refractivity contribution is 0.0600. The van der Waals surface area contributed by atoms with Crippen LogP contribution in [0.5, 0.6) is 0 Å². The molecule has 0 saturated carbocycles. The molecule has 2 rings (SSSR count). The molecule has 0 fully saturated rings. The van der Waals surface area contributed by atoms with Crippen molar-refractivity contribution in [1.82, 2.24) is 9.71 Å². The van der Waals surface area contributed by atoms with Crippen molar-refractivity contribution in [2.24, 2.45) is 0 Å². The molecule has 0 spiro atoms. The van der Waals surface area contributed by atoms with E-state index in [4.69, 9.17) is 0 Å². The van der Waals surface area contributed by atoms with Gasteiger partial charge >= 0.3 is 5.97 Å².